The predicted octanol–water partition coefficient (Wildman–Crippen LogP) is -0.574. The van der Waals surface area contributed by atoms with Crippen LogP contribution in [0, 0.1) is 5.41 Å². The lowest BCUT2D eigenvalue weighted by Gasteiger charge is -2.16. The maximum Gasteiger partial charge on any atom is 0.117 e. The number of hydrogen-bond donors (Lipinski definition) is 3. The highest BCUT2D eigenvalue weighted by Gasteiger charge is 2.02. The molecule has 0 spiro atoms. The highest BCUT2D eigenvalue weighted by atomic mass is 16.5. The summed E-state index contributed by atoms with van der Waals surface area (Å²) < 4.78 is 5.10. The van der Waals surface area contributed by atoms with Crippen molar-refractivity contribution in [2.24, 2.45) is 5.73 Å². The first-order valence-corrected chi connectivity index (χ1v) is 3.15. The fraction of sp³-hybridized carbons (Fsp3) is 0.500. The van der Waals surface area contributed by atoms with Gasteiger partial charge in [-0.3, -0.25) is 5.41 Å². The third kappa shape index (κ3) is 2.06. The summed E-state index contributed by atoms with van der Waals surface area (Å²) in [5.74, 6) is 0.0630. The number of morpholine rings is 1. The van der Waals surface area contributed by atoms with E-state index in [4.69, 9.17) is 15.9 Å². The number of ether oxygens (including phenoxy) is 1. The monoisotopic (exact) mass is 141 g/mol. The van der Waals surface area contributed by atoms with E-state index < -0.39 is 0 Å². The van der Waals surface area contributed by atoms with E-state index in [0.717, 1.165) is 18.8 Å². The van der Waals surface area contributed by atoms with Crippen LogP contribution >= 0.6 is 0 Å². The van der Waals surface area contributed by atoms with E-state index in [2.05, 4.69) is 5.32 Å². The van der Waals surface area contributed by atoms with Crippen LogP contribution in [0.3, 0.4) is 0 Å². The normalized spacial score (nSPS) is 22.2. The molecular weight excluding hydrogens is 130 g/mol. The Morgan fingerprint density at radius 1 is 1.80 bits per heavy atom. The average Bonchev–Trinajstić information content (AvgIpc) is 1.88. The molecule has 0 amide bonds. The third-order valence-electron chi connectivity index (χ3n) is 1.19. The lowest BCUT2D eigenvalue weighted by molar-refractivity contribution is 0.132. The second kappa shape index (κ2) is 3.22. The minimum absolute atomic E-state index is 0.0630. The number of rotatable bonds is 1. The van der Waals surface area contributed by atoms with Crippen LogP contribution in [0.1, 0.15) is 0 Å². The van der Waals surface area contributed by atoms with Gasteiger partial charge in [0, 0.05) is 18.3 Å². The molecule has 1 aliphatic rings. The van der Waals surface area contributed by atoms with Crippen molar-refractivity contribution in [3.63, 3.8) is 0 Å². The summed E-state index contributed by atoms with van der Waals surface area (Å²) in [5.41, 5.74) is 6.02. The van der Waals surface area contributed by atoms with Gasteiger partial charge in [0.15, 0.2) is 0 Å². The van der Waals surface area contributed by atoms with Crippen LogP contribution in [0.5, 0.6) is 0 Å². The average molecular weight is 141 g/mol. The van der Waals surface area contributed by atoms with Crippen LogP contribution in [-0.4, -0.2) is 25.6 Å². The molecule has 4 heteroatoms. The second-order valence-corrected chi connectivity index (χ2v) is 2.10. The van der Waals surface area contributed by atoms with Crippen LogP contribution < -0.4 is 11.1 Å². The fourth-order valence-corrected chi connectivity index (χ4v) is 0.797. The van der Waals surface area contributed by atoms with Gasteiger partial charge in [0.05, 0.1) is 13.2 Å². The molecule has 0 aromatic heterocycles. The molecule has 1 heterocycles. The lowest BCUT2D eigenvalue weighted by Crippen LogP contribution is -2.29. The van der Waals surface area contributed by atoms with Gasteiger partial charge in [0.1, 0.15) is 5.84 Å². The molecule has 4 nitrogen and oxygen atoms in total. The summed E-state index contributed by atoms with van der Waals surface area (Å²) in [5, 5.41) is 10.0. The zero-order valence-corrected chi connectivity index (χ0v) is 5.68. The Morgan fingerprint density at radius 2 is 2.60 bits per heavy atom. The first-order chi connectivity index (χ1) is 4.79. The van der Waals surface area contributed by atoms with Crippen molar-refractivity contribution in [1.29, 1.82) is 5.41 Å². The summed E-state index contributed by atoms with van der Waals surface area (Å²) in [6, 6.07) is 0. The van der Waals surface area contributed by atoms with Gasteiger partial charge in [-0.2, -0.15) is 0 Å². The minimum atomic E-state index is 0.0630. The van der Waals surface area contributed by atoms with Gasteiger partial charge in [-0.1, -0.05) is 0 Å². The van der Waals surface area contributed by atoms with E-state index in [-0.39, 0.29) is 5.84 Å². The number of amidine groups is 1. The smallest absolute Gasteiger partial charge is 0.117 e. The summed E-state index contributed by atoms with van der Waals surface area (Å²) in [6.45, 7) is 2.08. The number of hydrogen-bond acceptors (Lipinski definition) is 3. The SMILES string of the molecule is N=C(N)/C=C1/COCCN1. The molecular formula is C6H11N3O. The molecule has 0 unspecified atom stereocenters. The second-order valence-electron chi connectivity index (χ2n) is 2.10. The topological polar surface area (TPSA) is 71.1 Å². The van der Waals surface area contributed by atoms with Crippen LogP contribution in [0.4, 0.5) is 0 Å². The molecule has 56 valence electrons. The van der Waals surface area contributed by atoms with Crippen LogP contribution in [0.25, 0.3) is 0 Å². The van der Waals surface area contributed by atoms with Crippen molar-refractivity contribution >= 4 is 5.84 Å². The van der Waals surface area contributed by atoms with Gasteiger partial charge in [0.2, 0.25) is 0 Å². The Morgan fingerprint density at radius 3 is 3.10 bits per heavy atom. The molecule has 0 atom stereocenters. The van der Waals surface area contributed by atoms with E-state index in [0.29, 0.717) is 6.61 Å². The van der Waals surface area contributed by atoms with Crippen molar-refractivity contribution < 1.29 is 4.74 Å². The molecule has 0 aliphatic carbocycles. The van der Waals surface area contributed by atoms with E-state index in [1.165, 1.54) is 0 Å². The van der Waals surface area contributed by atoms with Crippen LogP contribution in [-0.2, 0) is 4.74 Å². The quantitative estimate of drug-likeness (QED) is 0.338. The molecule has 0 bridgehead atoms. The van der Waals surface area contributed by atoms with E-state index in [1.54, 1.807) is 6.08 Å². The molecule has 1 saturated heterocycles. The van der Waals surface area contributed by atoms with E-state index in [9.17, 15) is 0 Å². The van der Waals surface area contributed by atoms with Crippen molar-refractivity contribution in [3.05, 3.63) is 11.8 Å². The van der Waals surface area contributed by atoms with Crippen molar-refractivity contribution in [3.8, 4) is 0 Å². The van der Waals surface area contributed by atoms with Gasteiger partial charge < -0.3 is 15.8 Å². The van der Waals surface area contributed by atoms with Gasteiger partial charge in [-0.15, -0.1) is 0 Å². The van der Waals surface area contributed by atoms with Gasteiger partial charge >= 0.3 is 0 Å². The summed E-state index contributed by atoms with van der Waals surface area (Å²) in [6.07, 6.45) is 1.57. The van der Waals surface area contributed by atoms with Gasteiger partial charge in [-0.05, 0) is 0 Å². The van der Waals surface area contributed by atoms with Crippen molar-refractivity contribution in [1.82, 2.24) is 5.32 Å². The van der Waals surface area contributed by atoms with Crippen molar-refractivity contribution in [2.75, 3.05) is 19.8 Å². The molecule has 1 fully saturated rings. The Balaban J connectivity index is 2.45. The summed E-state index contributed by atoms with van der Waals surface area (Å²) in [4.78, 5) is 0. The largest absolute Gasteiger partial charge is 0.384 e. The molecule has 1 rings (SSSR count). The standard InChI is InChI=1S/C6H11N3O/c7-6(8)3-5-4-10-2-1-9-5/h3,9H,1-2,4H2,(H3,7,8)/b5-3-. The van der Waals surface area contributed by atoms with E-state index in [1.807, 2.05) is 0 Å². The van der Waals surface area contributed by atoms with Gasteiger partial charge in [0.25, 0.3) is 0 Å². The maximum atomic E-state index is 6.94. The molecule has 10 heavy (non-hydrogen) atoms. The van der Waals surface area contributed by atoms with Crippen LogP contribution in [0.15, 0.2) is 11.8 Å². The van der Waals surface area contributed by atoms with E-state index >= 15 is 0 Å². The first-order valence-electron chi connectivity index (χ1n) is 3.15. The predicted molar refractivity (Wildman–Crippen MR) is 38.8 cm³/mol. The molecule has 0 radical (unpaired) electrons. The number of nitrogens with one attached hydrogen (secondary N) is 2. The molecule has 1 aliphatic heterocycles. The number of nitrogens with two attached hydrogens (primary N) is 1. The summed E-state index contributed by atoms with van der Waals surface area (Å²) >= 11 is 0. The van der Waals surface area contributed by atoms with Gasteiger partial charge in [-0.25, -0.2) is 0 Å². The zero-order valence-electron chi connectivity index (χ0n) is 5.68. The lowest BCUT2D eigenvalue weighted by atomic mass is 10.3. The Hall–Kier alpha value is -1.03. The maximum absolute atomic E-state index is 6.94. The molecule has 0 saturated carbocycles. The Labute approximate surface area is 59.6 Å². The Bertz CT molecular complexity index is 156. The zero-order chi connectivity index (χ0) is 7.40. The first kappa shape index (κ1) is 7.08. The van der Waals surface area contributed by atoms with Crippen LogP contribution in [0.2, 0.25) is 0 Å². The fourth-order valence-electron chi connectivity index (χ4n) is 0.797. The minimum Gasteiger partial charge on any atom is -0.384 e. The summed E-state index contributed by atoms with van der Waals surface area (Å²) in [7, 11) is 0. The van der Waals surface area contributed by atoms with Crippen molar-refractivity contribution in [2.45, 2.75) is 0 Å². The third-order valence-corrected chi connectivity index (χ3v) is 1.19. The molecule has 0 aromatic rings. The molecule has 4 N–H and O–H groups in total. The highest BCUT2D eigenvalue weighted by Crippen LogP contribution is 1.94. The Kier molecular flexibility index (Phi) is 2.28. The molecule has 0 aromatic carbocycles. The highest BCUT2D eigenvalue weighted by molar-refractivity contribution is 5.89.